The topological polar surface area (TPSA) is 63.2 Å². The highest BCUT2D eigenvalue weighted by Crippen LogP contribution is 2.13. The molecular weight excluding hydrogens is 202 g/mol. The minimum absolute atomic E-state index is 0. The second-order valence-corrected chi connectivity index (χ2v) is 4.36. The molecule has 0 atom stereocenters. The molecule has 0 unspecified atom stereocenters. The Labute approximate surface area is 85.5 Å². The summed E-state index contributed by atoms with van der Waals surface area (Å²) in [6.45, 7) is 9.54. The minimum atomic E-state index is -3.79. The van der Waals surface area contributed by atoms with Crippen LogP contribution in [0.25, 0.3) is 0 Å². The number of amides is 1. The molecule has 14 heavy (non-hydrogen) atoms. The molecule has 0 bridgehead atoms. The molecule has 0 aliphatic carbocycles. The van der Waals surface area contributed by atoms with Crippen molar-refractivity contribution >= 4 is 15.9 Å². The highest BCUT2D eigenvalue weighted by atomic mass is 32.2. The summed E-state index contributed by atoms with van der Waals surface area (Å²) < 4.78 is 24.8. The van der Waals surface area contributed by atoms with Crippen molar-refractivity contribution in [3.63, 3.8) is 0 Å². The molecular formula is C9H15NO3S. The van der Waals surface area contributed by atoms with Gasteiger partial charge in [-0.05, 0) is 18.6 Å². The molecule has 0 radical (unpaired) electrons. The summed E-state index contributed by atoms with van der Waals surface area (Å²) in [5.74, 6) is -0.638. The Morgan fingerprint density at radius 1 is 1.43 bits per heavy atom. The Kier molecular flexibility index (Phi) is 4.30. The van der Waals surface area contributed by atoms with Crippen molar-refractivity contribution in [3.8, 4) is 0 Å². The van der Waals surface area contributed by atoms with Gasteiger partial charge in [-0.3, -0.25) is 4.79 Å². The molecule has 1 N–H and O–H groups in total. The predicted molar refractivity (Wildman–Crippen MR) is 57.9 cm³/mol. The van der Waals surface area contributed by atoms with Crippen LogP contribution in [0.15, 0.2) is 35.8 Å². The van der Waals surface area contributed by atoms with Gasteiger partial charge in [0.15, 0.2) is 0 Å². The molecule has 0 spiro atoms. The Hall–Kier alpha value is -1.36. The number of allylic oxidation sites excluding steroid dienone is 3. The second-order valence-electron chi connectivity index (χ2n) is 2.71. The summed E-state index contributed by atoms with van der Waals surface area (Å²) in [6, 6.07) is 0. The van der Waals surface area contributed by atoms with Gasteiger partial charge < -0.3 is 0 Å². The first kappa shape index (κ1) is 12.6. The summed E-state index contributed by atoms with van der Waals surface area (Å²) >= 11 is 0. The molecule has 0 saturated heterocycles. The van der Waals surface area contributed by atoms with Crippen LogP contribution in [0, 0.1) is 0 Å². The van der Waals surface area contributed by atoms with E-state index in [-0.39, 0.29) is 6.33 Å². The lowest BCUT2D eigenvalue weighted by Crippen LogP contribution is -2.29. The quantitative estimate of drug-likeness (QED) is 0.723. The monoisotopic (exact) mass is 217 g/mol. The van der Waals surface area contributed by atoms with Gasteiger partial charge in [-0.15, -0.1) is 0 Å². The summed E-state index contributed by atoms with van der Waals surface area (Å²) in [7, 11) is -3.79. The largest absolute Gasteiger partial charge is 0.274 e. The van der Waals surface area contributed by atoms with Crippen LogP contribution in [-0.4, -0.2) is 14.3 Å². The highest BCUT2D eigenvalue weighted by Gasteiger charge is 2.18. The summed E-state index contributed by atoms with van der Waals surface area (Å²) in [6.07, 6.45) is 2.61. The smallest absolute Gasteiger partial charge is 0.264 e. The zero-order valence-electron chi connectivity index (χ0n) is 8.20. The van der Waals surface area contributed by atoms with Gasteiger partial charge in [-0.25, -0.2) is 13.1 Å². The number of nitrogens with one attached hydrogen (secondary N) is 1. The van der Waals surface area contributed by atoms with E-state index in [1.807, 2.05) is 4.72 Å². The van der Waals surface area contributed by atoms with Crippen molar-refractivity contribution in [2.45, 2.75) is 13.8 Å². The van der Waals surface area contributed by atoms with E-state index >= 15 is 0 Å². The number of carbonyl (C=O) groups is 1. The third-order valence-corrected chi connectivity index (χ3v) is 2.88. The van der Waals surface area contributed by atoms with Gasteiger partial charge in [0, 0.05) is 8.35 Å². The Bertz CT molecular complexity index is 396. The molecule has 0 heterocycles. The molecule has 0 aromatic heterocycles. The maximum atomic E-state index is 11.5. The fraction of sp³-hybridized carbons (Fsp3) is 0.222. The third-order valence-electron chi connectivity index (χ3n) is 1.26. The maximum Gasteiger partial charge on any atom is 0.264 e. The molecule has 0 saturated carbocycles. The SMILES string of the molecule is C=C/C=C(\C(=C)C)S(=O)(=O)NC(C)=O.[HH]. The van der Waals surface area contributed by atoms with Crippen molar-refractivity contribution < 1.29 is 14.6 Å². The van der Waals surface area contributed by atoms with Crippen LogP contribution in [0.3, 0.4) is 0 Å². The van der Waals surface area contributed by atoms with E-state index in [1.165, 1.54) is 19.1 Å². The van der Waals surface area contributed by atoms with Crippen LogP contribution < -0.4 is 4.72 Å². The first-order valence-corrected chi connectivity index (χ1v) is 5.31. The van der Waals surface area contributed by atoms with Gasteiger partial charge in [0.05, 0.1) is 4.91 Å². The standard InChI is InChI=1S/C9H13NO3S.H2/c1-5-6-9(7(2)3)14(12,13)10-8(4)11;/h5-6H,1-2H2,3-4H3,(H,10,11);1H/b9-6+;. The molecule has 5 heteroatoms. The van der Waals surface area contributed by atoms with E-state index in [2.05, 4.69) is 13.2 Å². The summed E-state index contributed by atoms with van der Waals surface area (Å²) in [5, 5.41) is 0. The molecule has 0 aromatic carbocycles. The Balaban J connectivity index is 0. The lowest BCUT2D eigenvalue weighted by atomic mass is 10.3. The van der Waals surface area contributed by atoms with E-state index < -0.39 is 15.9 Å². The van der Waals surface area contributed by atoms with Crippen molar-refractivity contribution in [2.75, 3.05) is 0 Å². The lowest BCUT2D eigenvalue weighted by molar-refractivity contribution is -0.117. The summed E-state index contributed by atoms with van der Waals surface area (Å²) in [5.41, 5.74) is 0.346. The number of hydrogen-bond donors (Lipinski definition) is 1. The zero-order chi connectivity index (χ0) is 11.4. The van der Waals surface area contributed by atoms with Crippen LogP contribution in [-0.2, 0) is 14.8 Å². The molecule has 0 aromatic rings. The fourth-order valence-electron chi connectivity index (χ4n) is 0.812. The maximum absolute atomic E-state index is 11.5. The molecule has 0 rings (SSSR count). The molecule has 0 aliphatic rings. The van der Waals surface area contributed by atoms with E-state index in [9.17, 15) is 13.2 Å². The van der Waals surface area contributed by atoms with Crippen molar-refractivity contribution in [1.82, 2.24) is 4.72 Å². The molecule has 1 amide bonds. The first-order valence-electron chi connectivity index (χ1n) is 3.83. The van der Waals surface area contributed by atoms with Gasteiger partial charge in [0.2, 0.25) is 5.91 Å². The average Bonchev–Trinajstić information content (AvgIpc) is 1.96. The number of hydrogen-bond acceptors (Lipinski definition) is 3. The summed E-state index contributed by atoms with van der Waals surface area (Å²) in [4.78, 5) is 10.6. The van der Waals surface area contributed by atoms with Gasteiger partial charge in [0.25, 0.3) is 10.0 Å². The van der Waals surface area contributed by atoms with Crippen molar-refractivity contribution in [3.05, 3.63) is 35.8 Å². The van der Waals surface area contributed by atoms with Gasteiger partial charge in [-0.1, -0.05) is 19.2 Å². The van der Waals surface area contributed by atoms with Crippen molar-refractivity contribution in [2.24, 2.45) is 0 Å². The van der Waals surface area contributed by atoms with E-state index in [0.29, 0.717) is 5.57 Å². The second kappa shape index (κ2) is 4.76. The predicted octanol–water partition coefficient (Wildman–Crippen LogP) is 1.34. The Morgan fingerprint density at radius 2 is 1.93 bits per heavy atom. The van der Waals surface area contributed by atoms with Gasteiger partial charge in [0.1, 0.15) is 0 Å². The molecule has 0 fully saturated rings. The van der Waals surface area contributed by atoms with E-state index in [4.69, 9.17) is 0 Å². The molecule has 4 nitrogen and oxygen atoms in total. The Morgan fingerprint density at radius 3 is 2.21 bits per heavy atom. The normalized spacial score (nSPS) is 12.0. The minimum Gasteiger partial charge on any atom is -0.274 e. The van der Waals surface area contributed by atoms with Gasteiger partial charge >= 0.3 is 0 Å². The first-order chi connectivity index (χ1) is 6.31. The number of carbonyl (C=O) groups excluding carboxylic acids is 1. The highest BCUT2D eigenvalue weighted by molar-refractivity contribution is 7.94. The van der Waals surface area contributed by atoms with Gasteiger partial charge in [-0.2, -0.15) is 0 Å². The zero-order valence-corrected chi connectivity index (χ0v) is 9.02. The van der Waals surface area contributed by atoms with E-state index in [1.54, 1.807) is 0 Å². The van der Waals surface area contributed by atoms with Crippen LogP contribution in [0.5, 0.6) is 0 Å². The van der Waals surface area contributed by atoms with Crippen LogP contribution >= 0.6 is 0 Å². The number of rotatable bonds is 4. The number of sulfonamides is 1. The average molecular weight is 217 g/mol. The van der Waals surface area contributed by atoms with Crippen LogP contribution in [0.4, 0.5) is 0 Å². The van der Waals surface area contributed by atoms with Crippen molar-refractivity contribution in [1.29, 1.82) is 0 Å². The fourth-order valence-corrected chi connectivity index (χ4v) is 2.03. The molecule has 80 valence electrons. The molecule has 0 aliphatic heterocycles. The third kappa shape index (κ3) is 3.57. The lowest BCUT2D eigenvalue weighted by Gasteiger charge is -2.07. The van der Waals surface area contributed by atoms with E-state index in [0.717, 1.165) is 6.92 Å². The van der Waals surface area contributed by atoms with Crippen LogP contribution in [0.2, 0.25) is 0 Å². The van der Waals surface area contributed by atoms with Crippen LogP contribution in [0.1, 0.15) is 15.3 Å².